The first kappa shape index (κ1) is 9.03. The average Bonchev–Trinajstić information content (AvgIpc) is 2.23. The van der Waals surface area contributed by atoms with Gasteiger partial charge in [-0.1, -0.05) is 6.92 Å². The third-order valence-electron chi connectivity index (χ3n) is 2.53. The Bertz CT molecular complexity index is 245. The highest BCUT2D eigenvalue weighted by atomic mass is 16.8. The predicted molar refractivity (Wildman–Crippen MR) is 48.3 cm³/mol. The molecule has 2 aliphatic rings. The number of allylic oxidation sites excluding steroid dienone is 1. The van der Waals surface area contributed by atoms with E-state index < -0.39 is 5.79 Å². The molecule has 1 fully saturated rings. The Labute approximate surface area is 78.3 Å². The normalized spacial score (nSPS) is 42.7. The van der Waals surface area contributed by atoms with Crippen molar-refractivity contribution in [1.29, 1.82) is 0 Å². The van der Waals surface area contributed by atoms with Gasteiger partial charge in [0.25, 0.3) is 0 Å². The molecule has 3 atom stereocenters. The van der Waals surface area contributed by atoms with Crippen molar-refractivity contribution in [3.05, 3.63) is 11.8 Å². The smallest absolute Gasteiger partial charge is 0.164 e. The number of aliphatic hydroxyl groups is 1. The van der Waals surface area contributed by atoms with Crippen LogP contribution in [-0.4, -0.2) is 23.1 Å². The number of hydrogen-bond donors (Lipinski definition) is 1. The second-order valence-corrected chi connectivity index (χ2v) is 4.40. The second kappa shape index (κ2) is 2.72. The van der Waals surface area contributed by atoms with Gasteiger partial charge in [0.05, 0.1) is 6.10 Å². The molecule has 0 bridgehead atoms. The summed E-state index contributed by atoms with van der Waals surface area (Å²) in [7, 11) is 0. The van der Waals surface area contributed by atoms with E-state index in [1.807, 2.05) is 19.9 Å². The fourth-order valence-electron chi connectivity index (χ4n) is 2.08. The van der Waals surface area contributed by atoms with Crippen molar-refractivity contribution in [3.8, 4) is 0 Å². The van der Waals surface area contributed by atoms with Crippen LogP contribution in [-0.2, 0) is 9.47 Å². The molecule has 13 heavy (non-hydrogen) atoms. The number of hydrogen-bond acceptors (Lipinski definition) is 3. The molecule has 0 aromatic carbocycles. The molecular formula is C10H16O3. The summed E-state index contributed by atoms with van der Waals surface area (Å²) in [5.41, 5.74) is 0. The largest absolute Gasteiger partial charge is 0.510 e. The number of fused-ring (bicyclic) bond motifs is 1. The summed E-state index contributed by atoms with van der Waals surface area (Å²) in [5.74, 6) is 0.148. The fourth-order valence-corrected chi connectivity index (χ4v) is 2.08. The molecule has 74 valence electrons. The van der Waals surface area contributed by atoms with E-state index in [1.165, 1.54) is 0 Å². The quantitative estimate of drug-likeness (QED) is 0.625. The van der Waals surface area contributed by atoms with Gasteiger partial charge in [-0.15, -0.1) is 0 Å². The molecule has 1 aliphatic carbocycles. The van der Waals surface area contributed by atoms with Gasteiger partial charge in [-0.3, -0.25) is 0 Å². The Morgan fingerprint density at radius 2 is 2.15 bits per heavy atom. The Morgan fingerprint density at radius 3 is 2.85 bits per heavy atom. The zero-order valence-electron chi connectivity index (χ0n) is 8.28. The number of rotatable bonds is 0. The molecule has 0 aromatic rings. The summed E-state index contributed by atoms with van der Waals surface area (Å²) in [4.78, 5) is 0. The van der Waals surface area contributed by atoms with E-state index in [0.29, 0.717) is 11.7 Å². The molecule has 1 saturated heterocycles. The maximum Gasteiger partial charge on any atom is 0.164 e. The summed E-state index contributed by atoms with van der Waals surface area (Å²) in [6.45, 7) is 5.83. The van der Waals surface area contributed by atoms with Crippen molar-refractivity contribution >= 4 is 0 Å². The Kier molecular flexibility index (Phi) is 1.89. The average molecular weight is 184 g/mol. The van der Waals surface area contributed by atoms with Gasteiger partial charge in [0.2, 0.25) is 0 Å². The fraction of sp³-hybridized carbons (Fsp3) is 0.800. The van der Waals surface area contributed by atoms with E-state index in [9.17, 15) is 5.11 Å². The van der Waals surface area contributed by atoms with Gasteiger partial charge in [0, 0.05) is 0 Å². The van der Waals surface area contributed by atoms with E-state index in [-0.39, 0.29) is 12.2 Å². The van der Waals surface area contributed by atoms with Crippen LogP contribution in [0.2, 0.25) is 0 Å². The highest BCUT2D eigenvalue weighted by Gasteiger charge is 2.45. The van der Waals surface area contributed by atoms with Crippen molar-refractivity contribution in [2.75, 3.05) is 0 Å². The molecule has 1 N–H and O–H groups in total. The topological polar surface area (TPSA) is 38.7 Å². The van der Waals surface area contributed by atoms with Crippen molar-refractivity contribution in [2.24, 2.45) is 5.92 Å². The zero-order chi connectivity index (χ0) is 9.64. The second-order valence-electron chi connectivity index (χ2n) is 4.40. The minimum absolute atomic E-state index is 0.0231. The van der Waals surface area contributed by atoms with Crippen LogP contribution in [0.3, 0.4) is 0 Å². The monoisotopic (exact) mass is 184 g/mol. The van der Waals surface area contributed by atoms with E-state index in [2.05, 4.69) is 6.92 Å². The van der Waals surface area contributed by atoms with Crippen LogP contribution < -0.4 is 0 Å². The maximum atomic E-state index is 9.64. The third kappa shape index (κ3) is 1.58. The molecule has 0 aromatic heterocycles. The van der Waals surface area contributed by atoms with Crippen LogP contribution in [0.25, 0.3) is 0 Å². The minimum Gasteiger partial charge on any atom is -0.510 e. The van der Waals surface area contributed by atoms with Gasteiger partial charge in [0.1, 0.15) is 11.9 Å². The van der Waals surface area contributed by atoms with Crippen LogP contribution >= 0.6 is 0 Å². The van der Waals surface area contributed by atoms with E-state index >= 15 is 0 Å². The van der Waals surface area contributed by atoms with Gasteiger partial charge < -0.3 is 14.6 Å². The number of ether oxygens (including phenoxy) is 2. The van der Waals surface area contributed by atoms with Crippen LogP contribution in [0.15, 0.2) is 11.8 Å². The first-order valence-corrected chi connectivity index (χ1v) is 4.74. The van der Waals surface area contributed by atoms with Crippen LogP contribution in [0, 0.1) is 5.92 Å². The molecule has 0 saturated carbocycles. The van der Waals surface area contributed by atoms with Crippen LogP contribution in [0.5, 0.6) is 0 Å². The summed E-state index contributed by atoms with van der Waals surface area (Å²) >= 11 is 0. The van der Waals surface area contributed by atoms with Gasteiger partial charge in [0.15, 0.2) is 5.79 Å². The molecule has 1 heterocycles. The van der Waals surface area contributed by atoms with E-state index in [1.54, 1.807) is 0 Å². The summed E-state index contributed by atoms with van der Waals surface area (Å²) in [6, 6.07) is 0. The third-order valence-corrected chi connectivity index (χ3v) is 2.53. The molecule has 0 amide bonds. The van der Waals surface area contributed by atoms with Crippen molar-refractivity contribution in [2.45, 2.75) is 45.2 Å². The van der Waals surface area contributed by atoms with Crippen molar-refractivity contribution in [1.82, 2.24) is 0 Å². The van der Waals surface area contributed by atoms with Crippen molar-refractivity contribution < 1.29 is 14.6 Å². The van der Waals surface area contributed by atoms with Gasteiger partial charge in [-0.25, -0.2) is 0 Å². The Morgan fingerprint density at radius 1 is 1.46 bits per heavy atom. The SMILES string of the molecule is CC1C=C(O)C2OC(C)(C)OC2C1. The zero-order valence-corrected chi connectivity index (χ0v) is 8.28. The molecule has 1 aliphatic heterocycles. The maximum absolute atomic E-state index is 9.64. The van der Waals surface area contributed by atoms with Crippen molar-refractivity contribution in [3.63, 3.8) is 0 Å². The molecular weight excluding hydrogens is 168 g/mol. The summed E-state index contributed by atoms with van der Waals surface area (Å²) < 4.78 is 11.2. The molecule has 2 rings (SSSR count). The highest BCUT2D eigenvalue weighted by molar-refractivity contribution is 5.11. The lowest BCUT2D eigenvalue weighted by Crippen LogP contribution is -2.30. The van der Waals surface area contributed by atoms with E-state index in [4.69, 9.17) is 9.47 Å². The highest BCUT2D eigenvalue weighted by Crippen LogP contribution is 2.37. The van der Waals surface area contributed by atoms with Crippen LogP contribution in [0.4, 0.5) is 0 Å². The summed E-state index contributed by atoms with van der Waals surface area (Å²) in [6.07, 6.45) is 2.56. The Balaban J connectivity index is 2.20. The lowest BCUT2D eigenvalue weighted by molar-refractivity contribution is -0.145. The predicted octanol–water partition coefficient (Wildman–Crippen LogP) is 1.99. The van der Waals surface area contributed by atoms with Gasteiger partial charge in [-0.05, 0) is 32.3 Å². The van der Waals surface area contributed by atoms with Crippen LogP contribution in [0.1, 0.15) is 27.2 Å². The number of aliphatic hydroxyl groups excluding tert-OH is 1. The Hall–Kier alpha value is -0.540. The first-order valence-electron chi connectivity index (χ1n) is 4.74. The lowest BCUT2D eigenvalue weighted by Gasteiger charge is -2.23. The molecule has 0 spiro atoms. The first-order chi connectivity index (χ1) is 5.98. The molecule has 0 radical (unpaired) electrons. The summed E-state index contributed by atoms with van der Waals surface area (Å²) in [5, 5.41) is 9.64. The minimum atomic E-state index is -0.554. The lowest BCUT2D eigenvalue weighted by atomic mass is 9.92. The van der Waals surface area contributed by atoms with Gasteiger partial charge in [-0.2, -0.15) is 0 Å². The standard InChI is InChI=1S/C10H16O3/c1-6-4-7(11)9-8(5-6)12-10(2,3)13-9/h4,6,8-9,11H,5H2,1-3H3. The van der Waals surface area contributed by atoms with E-state index in [0.717, 1.165) is 6.42 Å². The molecule has 3 heteroatoms. The molecule has 3 nitrogen and oxygen atoms in total. The van der Waals surface area contributed by atoms with Gasteiger partial charge >= 0.3 is 0 Å². The molecule has 3 unspecified atom stereocenters.